The SMILES string of the molecule is N[C@@H](c1ccccc1C(F)(F)F)[C@H](O)C1CCCC1. The molecule has 1 aliphatic carbocycles. The minimum absolute atomic E-state index is 0.0105. The lowest BCUT2D eigenvalue weighted by atomic mass is 9.88. The van der Waals surface area contributed by atoms with Crippen molar-refractivity contribution in [1.82, 2.24) is 0 Å². The minimum Gasteiger partial charge on any atom is -0.391 e. The summed E-state index contributed by atoms with van der Waals surface area (Å²) in [6, 6.07) is 4.23. The number of benzene rings is 1. The first kappa shape index (κ1) is 14.3. The number of alkyl halides is 3. The average molecular weight is 273 g/mol. The van der Waals surface area contributed by atoms with Crippen LogP contribution in [0, 0.1) is 5.92 Å². The molecule has 5 heteroatoms. The number of hydrogen-bond donors (Lipinski definition) is 2. The normalized spacial score (nSPS) is 20.5. The van der Waals surface area contributed by atoms with Crippen LogP contribution >= 0.6 is 0 Å². The summed E-state index contributed by atoms with van der Waals surface area (Å²) in [7, 11) is 0. The van der Waals surface area contributed by atoms with Gasteiger partial charge >= 0.3 is 6.18 Å². The summed E-state index contributed by atoms with van der Waals surface area (Å²) in [5.41, 5.74) is 5.10. The van der Waals surface area contributed by atoms with Crippen molar-refractivity contribution >= 4 is 0 Å². The second-order valence-corrected chi connectivity index (χ2v) is 5.15. The fourth-order valence-electron chi connectivity index (χ4n) is 2.82. The van der Waals surface area contributed by atoms with Gasteiger partial charge in [0.25, 0.3) is 0 Å². The van der Waals surface area contributed by atoms with E-state index in [2.05, 4.69) is 0 Å². The number of aliphatic hydroxyl groups is 1. The van der Waals surface area contributed by atoms with Gasteiger partial charge in [0.2, 0.25) is 0 Å². The number of halogens is 3. The standard InChI is InChI=1S/C14H18F3NO/c15-14(16,17)11-8-4-3-7-10(11)12(18)13(19)9-5-1-2-6-9/h3-4,7-9,12-13,19H,1-2,5-6,18H2/t12-,13+/m0/s1. The Bertz CT molecular complexity index is 427. The fourth-order valence-corrected chi connectivity index (χ4v) is 2.82. The van der Waals surface area contributed by atoms with E-state index in [9.17, 15) is 18.3 Å². The topological polar surface area (TPSA) is 46.2 Å². The van der Waals surface area contributed by atoms with Crippen LogP contribution in [0.1, 0.15) is 42.9 Å². The predicted molar refractivity (Wildman–Crippen MR) is 66.3 cm³/mol. The Balaban J connectivity index is 2.25. The lowest BCUT2D eigenvalue weighted by Gasteiger charge is -2.26. The summed E-state index contributed by atoms with van der Waals surface area (Å²) >= 11 is 0. The first-order valence-corrected chi connectivity index (χ1v) is 6.51. The third kappa shape index (κ3) is 3.09. The van der Waals surface area contributed by atoms with Crippen molar-refractivity contribution in [1.29, 1.82) is 0 Å². The molecule has 0 radical (unpaired) electrons. The van der Waals surface area contributed by atoms with Crippen LogP contribution in [0.3, 0.4) is 0 Å². The van der Waals surface area contributed by atoms with E-state index in [0.29, 0.717) is 0 Å². The highest BCUT2D eigenvalue weighted by Crippen LogP contribution is 2.38. The first-order valence-electron chi connectivity index (χ1n) is 6.51. The van der Waals surface area contributed by atoms with Gasteiger partial charge in [0.1, 0.15) is 0 Å². The minimum atomic E-state index is -4.44. The van der Waals surface area contributed by atoms with Gasteiger partial charge in [-0.3, -0.25) is 0 Å². The molecular weight excluding hydrogens is 255 g/mol. The maximum absolute atomic E-state index is 12.9. The van der Waals surface area contributed by atoms with E-state index in [0.717, 1.165) is 31.7 Å². The smallest absolute Gasteiger partial charge is 0.391 e. The molecule has 1 aromatic carbocycles. The molecular formula is C14H18F3NO. The van der Waals surface area contributed by atoms with Gasteiger partial charge in [0, 0.05) is 0 Å². The maximum atomic E-state index is 12.9. The Hall–Kier alpha value is -1.07. The monoisotopic (exact) mass is 273 g/mol. The van der Waals surface area contributed by atoms with Crippen molar-refractivity contribution in [2.45, 2.75) is 44.0 Å². The van der Waals surface area contributed by atoms with Gasteiger partial charge in [-0.2, -0.15) is 13.2 Å². The zero-order valence-electron chi connectivity index (χ0n) is 10.5. The molecule has 2 nitrogen and oxygen atoms in total. The second-order valence-electron chi connectivity index (χ2n) is 5.15. The van der Waals surface area contributed by atoms with Crippen LogP contribution in [-0.2, 0) is 6.18 Å². The Morgan fingerprint density at radius 1 is 1.16 bits per heavy atom. The number of rotatable bonds is 3. The maximum Gasteiger partial charge on any atom is 0.416 e. The summed E-state index contributed by atoms with van der Waals surface area (Å²) in [6.07, 6.45) is -1.66. The molecule has 0 spiro atoms. The lowest BCUT2D eigenvalue weighted by molar-refractivity contribution is -0.138. The Kier molecular flexibility index (Phi) is 4.16. The summed E-state index contributed by atoms with van der Waals surface area (Å²) in [5, 5.41) is 10.2. The molecule has 1 fully saturated rings. The van der Waals surface area contributed by atoms with Gasteiger partial charge in [0.15, 0.2) is 0 Å². The molecule has 1 aromatic rings. The van der Waals surface area contributed by atoms with E-state index in [1.165, 1.54) is 18.2 Å². The molecule has 0 unspecified atom stereocenters. The van der Waals surface area contributed by atoms with Crippen molar-refractivity contribution in [2.24, 2.45) is 11.7 Å². The zero-order chi connectivity index (χ0) is 14.0. The van der Waals surface area contributed by atoms with E-state index < -0.39 is 23.9 Å². The van der Waals surface area contributed by atoms with E-state index >= 15 is 0 Å². The van der Waals surface area contributed by atoms with Crippen LogP contribution in [0.4, 0.5) is 13.2 Å². The molecule has 2 rings (SSSR count). The fraction of sp³-hybridized carbons (Fsp3) is 0.571. The van der Waals surface area contributed by atoms with Gasteiger partial charge in [0.05, 0.1) is 17.7 Å². The third-order valence-electron chi connectivity index (χ3n) is 3.88. The van der Waals surface area contributed by atoms with Crippen molar-refractivity contribution in [2.75, 3.05) is 0 Å². The Labute approximate surface area is 110 Å². The second kappa shape index (κ2) is 5.51. The number of nitrogens with two attached hydrogens (primary N) is 1. The highest BCUT2D eigenvalue weighted by molar-refractivity contribution is 5.33. The Morgan fingerprint density at radius 3 is 2.32 bits per heavy atom. The quantitative estimate of drug-likeness (QED) is 0.888. The number of aliphatic hydroxyl groups excluding tert-OH is 1. The van der Waals surface area contributed by atoms with Crippen molar-refractivity contribution in [3.63, 3.8) is 0 Å². The molecule has 19 heavy (non-hydrogen) atoms. The molecule has 1 saturated carbocycles. The molecule has 0 aliphatic heterocycles. The lowest BCUT2D eigenvalue weighted by Crippen LogP contribution is -2.33. The average Bonchev–Trinajstić information content (AvgIpc) is 2.90. The molecule has 0 amide bonds. The first-order chi connectivity index (χ1) is 8.91. The van der Waals surface area contributed by atoms with Gasteiger partial charge in [-0.05, 0) is 30.4 Å². The van der Waals surface area contributed by atoms with Crippen LogP contribution in [0.5, 0.6) is 0 Å². The summed E-state index contributed by atoms with van der Waals surface area (Å²) in [4.78, 5) is 0. The molecule has 106 valence electrons. The Morgan fingerprint density at radius 2 is 1.74 bits per heavy atom. The van der Waals surface area contributed by atoms with Crippen LogP contribution in [0.25, 0.3) is 0 Å². The summed E-state index contributed by atoms with van der Waals surface area (Å²) in [5.74, 6) is 0.0105. The summed E-state index contributed by atoms with van der Waals surface area (Å²) < 4.78 is 38.7. The molecule has 0 bridgehead atoms. The van der Waals surface area contributed by atoms with Crippen molar-refractivity contribution in [3.05, 3.63) is 35.4 Å². The van der Waals surface area contributed by atoms with E-state index in [-0.39, 0.29) is 11.5 Å². The van der Waals surface area contributed by atoms with Crippen LogP contribution in [0.2, 0.25) is 0 Å². The molecule has 2 atom stereocenters. The van der Waals surface area contributed by atoms with Gasteiger partial charge in [-0.1, -0.05) is 31.0 Å². The van der Waals surface area contributed by atoms with Gasteiger partial charge in [-0.25, -0.2) is 0 Å². The van der Waals surface area contributed by atoms with E-state index in [1.807, 2.05) is 0 Å². The molecule has 0 aromatic heterocycles. The van der Waals surface area contributed by atoms with Crippen LogP contribution < -0.4 is 5.73 Å². The largest absolute Gasteiger partial charge is 0.416 e. The zero-order valence-corrected chi connectivity index (χ0v) is 10.5. The van der Waals surface area contributed by atoms with E-state index in [4.69, 9.17) is 5.73 Å². The summed E-state index contributed by atoms with van der Waals surface area (Å²) in [6.45, 7) is 0. The molecule has 0 saturated heterocycles. The van der Waals surface area contributed by atoms with Crippen molar-refractivity contribution in [3.8, 4) is 0 Å². The highest BCUT2D eigenvalue weighted by atomic mass is 19.4. The van der Waals surface area contributed by atoms with Crippen molar-refractivity contribution < 1.29 is 18.3 Å². The predicted octanol–water partition coefficient (Wildman–Crippen LogP) is 3.26. The molecule has 1 aliphatic rings. The van der Waals surface area contributed by atoms with Crippen LogP contribution in [0.15, 0.2) is 24.3 Å². The van der Waals surface area contributed by atoms with E-state index in [1.54, 1.807) is 0 Å². The molecule has 3 N–H and O–H groups in total. The molecule has 0 heterocycles. The van der Waals surface area contributed by atoms with Crippen LogP contribution in [-0.4, -0.2) is 11.2 Å². The third-order valence-corrected chi connectivity index (χ3v) is 3.88. The number of hydrogen-bond acceptors (Lipinski definition) is 2. The van der Waals surface area contributed by atoms with Gasteiger partial charge < -0.3 is 10.8 Å². The highest BCUT2D eigenvalue weighted by Gasteiger charge is 2.37. The van der Waals surface area contributed by atoms with Gasteiger partial charge in [-0.15, -0.1) is 0 Å².